The van der Waals surface area contributed by atoms with Crippen LogP contribution in [0.4, 0.5) is 0 Å². The minimum absolute atomic E-state index is 1.29. The monoisotopic (exact) mass is 181 g/mol. The SMILES string of the molecule is Cc1ccn2cc3ccccc3c2c1. The summed E-state index contributed by atoms with van der Waals surface area (Å²) in [5.41, 5.74) is 2.60. The van der Waals surface area contributed by atoms with Crippen LogP contribution in [0.25, 0.3) is 16.3 Å². The highest BCUT2D eigenvalue weighted by atomic mass is 14.9. The molecule has 0 N–H and O–H groups in total. The van der Waals surface area contributed by atoms with Gasteiger partial charge in [-0.3, -0.25) is 0 Å². The smallest absolute Gasteiger partial charge is 0.0531 e. The summed E-state index contributed by atoms with van der Waals surface area (Å²) < 4.78 is 2.18. The van der Waals surface area contributed by atoms with E-state index in [9.17, 15) is 0 Å². The molecule has 2 aromatic heterocycles. The highest BCUT2D eigenvalue weighted by Gasteiger charge is 2.00. The number of benzene rings is 1. The van der Waals surface area contributed by atoms with Crippen LogP contribution in [0.5, 0.6) is 0 Å². The van der Waals surface area contributed by atoms with Crippen molar-refractivity contribution in [1.29, 1.82) is 0 Å². The van der Waals surface area contributed by atoms with E-state index in [1.807, 2.05) is 0 Å². The summed E-state index contributed by atoms with van der Waals surface area (Å²) in [5, 5.41) is 2.63. The zero-order chi connectivity index (χ0) is 9.54. The van der Waals surface area contributed by atoms with Gasteiger partial charge in [0.25, 0.3) is 0 Å². The summed E-state index contributed by atoms with van der Waals surface area (Å²) in [6, 6.07) is 12.8. The second kappa shape index (κ2) is 2.61. The van der Waals surface area contributed by atoms with Crippen LogP contribution in [0.3, 0.4) is 0 Å². The molecule has 0 radical (unpaired) electrons. The average molecular weight is 181 g/mol. The first-order chi connectivity index (χ1) is 6.84. The maximum Gasteiger partial charge on any atom is 0.0531 e. The fraction of sp³-hybridized carbons (Fsp3) is 0.0769. The lowest BCUT2D eigenvalue weighted by atomic mass is 10.2. The molecule has 2 heterocycles. The van der Waals surface area contributed by atoms with Crippen molar-refractivity contribution in [2.45, 2.75) is 6.92 Å². The lowest BCUT2D eigenvalue weighted by Gasteiger charge is -1.96. The zero-order valence-electron chi connectivity index (χ0n) is 8.07. The van der Waals surface area contributed by atoms with Crippen molar-refractivity contribution in [3.05, 3.63) is 54.4 Å². The molecule has 68 valence electrons. The van der Waals surface area contributed by atoms with E-state index < -0.39 is 0 Å². The van der Waals surface area contributed by atoms with E-state index in [2.05, 4.69) is 60.1 Å². The molecular weight excluding hydrogens is 170 g/mol. The highest BCUT2D eigenvalue weighted by Crippen LogP contribution is 2.22. The summed E-state index contributed by atoms with van der Waals surface area (Å²) in [4.78, 5) is 0. The first kappa shape index (κ1) is 7.63. The van der Waals surface area contributed by atoms with Crippen molar-refractivity contribution in [2.75, 3.05) is 0 Å². The van der Waals surface area contributed by atoms with Gasteiger partial charge in [0.1, 0.15) is 0 Å². The second-order valence-corrected chi connectivity index (χ2v) is 3.71. The van der Waals surface area contributed by atoms with Crippen LogP contribution in [0.15, 0.2) is 48.8 Å². The quantitative estimate of drug-likeness (QED) is 0.500. The van der Waals surface area contributed by atoms with E-state index in [4.69, 9.17) is 0 Å². The molecule has 0 bridgehead atoms. The summed E-state index contributed by atoms with van der Waals surface area (Å²) in [6.07, 6.45) is 4.29. The second-order valence-electron chi connectivity index (χ2n) is 3.71. The highest BCUT2D eigenvalue weighted by molar-refractivity contribution is 5.97. The number of aryl methyl sites for hydroxylation is 1. The number of hydrogen-bond donors (Lipinski definition) is 0. The van der Waals surface area contributed by atoms with Gasteiger partial charge >= 0.3 is 0 Å². The Bertz CT molecular complexity index is 605. The summed E-state index contributed by atoms with van der Waals surface area (Å²) in [6.45, 7) is 2.13. The Morgan fingerprint density at radius 3 is 2.86 bits per heavy atom. The molecule has 3 aromatic rings. The van der Waals surface area contributed by atoms with Gasteiger partial charge in [-0.05, 0) is 24.6 Å². The third-order valence-electron chi connectivity index (χ3n) is 2.66. The van der Waals surface area contributed by atoms with E-state index in [-0.39, 0.29) is 0 Å². The molecule has 0 fully saturated rings. The number of rotatable bonds is 0. The zero-order valence-corrected chi connectivity index (χ0v) is 8.07. The Labute approximate surface area is 82.6 Å². The van der Waals surface area contributed by atoms with E-state index in [0.29, 0.717) is 0 Å². The topological polar surface area (TPSA) is 4.41 Å². The van der Waals surface area contributed by atoms with Crippen LogP contribution < -0.4 is 0 Å². The van der Waals surface area contributed by atoms with Gasteiger partial charge in [-0.25, -0.2) is 0 Å². The third-order valence-corrected chi connectivity index (χ3v) is 2.66. The maximum absolute atomic E-state index is 2.22. The minimum Gasteiger partial charge on any atom is -0.323 e. The van der Waals surface area contributed by atoms with E-state index >= 15 is 0 Å². The van der Waals surface area contributed by atoms with Gasteiger partial charge in [-0.15, -0.1) is 0 Å². The van der Waals surface area contributed by atoms with Gasteiger partial charge < -0.3 is 4.40 Å². The fourth-order valence-electron chi connectivity index (χ4n) is 1.94. The van der Waals surface area contributed by atoms with Crippen molar-refractivity contribution in [1.82, 2.24) is 4.40 Å². The average Bonchev–Trinajstić information content (AvgIpc) is 2.56. The number of pyridine rings is 1. The normalized spacial score (nSPS) is 11.2. The molecule has 0 saturated heterocycles. The maximum atomic E-state index is 2.22. The summed E-state index contributed by atoms with van der Waals surface area (Å²) in [5.74, 6) is 0. The lowest BCUT2D eigenvalue weighted by molar-refractivity contribution is 1.19. The Kier molecular flexibility index (Phi) is 1.42. The number of nitrogens with zero attached hydrogens (tertiary/aromatic N) is 1. The van der Waals surface area contributed by atoms with Gasteiger partial charge in [0, 0.05) is 23.2 Å². The molecule has 1 aromatic carbocycles. The van der Waals surface area contributed by atoms with Crippen LogP contribution in [-0.4, -0.2) is 4.40 Å². The molecule has 0 aliphatic heterocycles. The van der Waals surface area contributed by atoms with Crippen LogP contribution in [0, 0.1) is 6.92 Å². The minimum atomic E-state index is 1.29. The van der Waals surface area contributed by atoms with Crippen LogP contribution in [0.1, 0.15) is 5.56 Å². The van der Waals surface area contributed by atoms with Crippen molar-refractivity contribution in [3.8, 4) is 0 Å². The molecule has 0 atom stereocenters. The lowest BCUT2D eigenvalue weighted by Crippen LogP contribution is -1.80. The van der Waals surface area contributed by atoms with Crippen LogP contribution in [0.2, 0.25) is 0 Å². The molecule has 0 aliphatic rings. The molecule has 1 nitrogen and oxygen atoms in total. The molecule has 0 saturated carbocycles. The number of fused-ring (bicyclic) bond motifs is 3. The Balaban J connectivity index is 2.58. The van der Waals surface area contributed by atoms with Crippen molar-refractivity contribution in [3.63, 3.8) is 0 Å². The molecule has 0 spiro atoms. The van der Waals surface area contributed by atoms with E-state index in [1.54, 1.807) is 0 Å². The number of hydrogen-bond acceptors (Lipinski definition) is 0. The van der Waals surface area contributed by atoms with E-state index in [0.717, 1.165) is 0 Å². The summed E-state index contributed by atoms with van der Waals surface area (Å²) in [7, 11) is 0. The number of aromatic nitrogens is 1. The van der Waals surface area contributed by atoms with Crippen molar-refractivity contribution >= 4 is 16.3 Å². The predicted molar refractivity (Wildman–Crippen MR) is 59.6 cm³/mol. The molecule has 0 unspecified atom stereocenters. The van der Waals surface area contributed by atoms with Crippen molar-refractivity contribution < 1.29 is 0 Å². The molecule has 1 heteroatoms. The Morgan fingerprint density at radius 2 is 1.93 bits per heavy atom. The Morgan fingerprint density at radius 1 is 1.07 bits per heavy atom. The van der Waals surface area contributed by atoms with Crippen LogP contribution >= 0.6 is 0 Å². The van der Waals surface area contributed by atoms with Crippen molar-refractivity contribution in [2.24, 2.45) is 0 Å². The van der Waals surface area contributed by atoms with Gasteiger partial charge in [-0.2, -0.15) is 0 Å². The van der Waals surface area contributed by atoms with Gasteiger partial charge in [-0.1, -0.05) is 24.3 Å². The molecular formula is C13H11N. The molecule has 0 aliphatic carbocycles. The molecule has 14 heavy (non-hydrogen) atoms. The largest absolute Gasteiger partial charge is 0.323 e. The van der Waals surface area contributed by atoms with Gasteiger partial charge in [0.05, 0.1) is 5.52 Å². The predicted octanol–water partition coefficient (Wildman–Crippen LogP) is 3.40. The fourth-order valence-corrected chi connectivity index (χ4v) is 1.94. The Hall–Kier alpha value is -1.76. The standard InChI is InChI=1S/C13H11N/c1-10-6-7-14-9-11-4-2-3-5-12(11)13(14)8-10/h2-9H,1H3. The first-order valence-corrected chi connectivity index (χ1v) is 4.81. The van der Waals surface area contributed by atoms with Gasteiger partial charge in [0.2, 0.25) is 0 Å². The first-order valence-electron chi connectivity index (χ1n) is 4.81. The molecule has 3 rings (SSSR count). The van der Waals surface area contributed by atoms with Gasteiger partial charge in [0.15, 0.2) is 0 Å². The molecule has 0 amide bonds. The van der Waals surface area contributed by atoms with Crippen LogP contribution in [-0.2, 0) is 0 Å². The summed E-state index contributed by atoms with van der Waals surface area (Å²) >= 11 is 0. The van der Waals surface area contributed by atoms with E-state index in [1.165, 1.54) is 21.9 Å². The third kappa shape index (κ3) is 0.956.